The fourth-order valence-electron chi connectivity index (χ4n) is 2.43. The topological polar surface area (TPSA) is 38.8 Å². The Bertz CT molecular complexity index is 478. The molecule has 0 spiro atoms. The minimum Gasteiger partial charge on any atom is -0.459 e. The van der Waals surface area contributed by atoms with Gasteiger partial charge in [0.1, 0.15) is 12.7 Å². The molecule has 0 aromatic heterocycles. The van der Waals surface area contributed by atoms with Crippen molar-refractivity contribution in [2.75, 3.05) is 32.8 Å². The van der Waals surface area contributed by atoms with Gasteiger partial charge in [0.25, 0.3) is 0 Å². The van der Waals surface area contributed by atoms with Gasteiger partial charge in [0, 0.05) is 23.2 Å². The van der Waals surface area contributed by atoms with Crippen molar-refractivity contribution in [3.63, 3.8) is 0 Å². The molecule has 1 heterocycles. The first-order valence-corrected chi connectivity index (χ1v) is 8.39. The van der Waals surface area contributed by atoms with Gasteiger partial charge in [-0.3, -0.25) is 4.90 Å². The number of hydrogen-bond acceptors (Lipinski definition) is 4. The Morgan fingerprint density at radius 1 is 1.52 bits per heavy atom. The summed E-state index contributed by atoms with van der Waals surface area (Å²) in [6, 6.07) is 7.41. The van der Waals surface area contributed by atoms with Gasteiger partial charge in [-0.25, -0.2) is 4.79 Å². The Hall–Kier alpha value is -0.660. The van der Waals surface area contributed by atoms with Crippen LogP contribution in [0.1, 0.15) is 24.2 Å². The van der Waals surface area contributed by atoms with Crippen LogP contribution in [0.15, 0.2) is 24.3 Å². The maximum Gasteiger partial charge on any atom is 0.338 e. The van der Waals surface area contributed by atoms with Crippen molar-refractivity contribution >= 4 is 28.6 Å². The van der Waals surface area contributed by atoms with E-state index in [1.54, 1.807) is 6.07 Å². The molecule has 0 saturated carbocycles. The zero-order valence-corrected chi connectivity index (χ0v) is 14.7. The second-order valence-electron chi connectivity index (χ2n) is 5.76. The van der Waals surface area contributed by atoms with E-state index >= 15 is 0 Å². The largest absolute Gasteiger partial charge is 0.459 e. The summed E-state index contributed by atoms with van der Waals surface area (Å²) in [6.45, 7) is 8.29. The molecular formula is C16H22INO3. The molecular weight excluding hydrogens is 381 g/mol. The van der Waals surface area contributed by atoms with E-state index < -0.39 is 0 Å². The van der Waals surface area contributed by atoms with Gasteiger partial charge in [0.15, 0.2) is 0 Å². The Labute approximate surface area is 139 Å². The minimum atomic E-state index is -0.280. The summed E-state index contributed by atoms with van der Waals surface area (Å²) in [6.07, 6.45) is -0.0239. The molecule has 1 aliphatic heterocycles. The van der Waals surface area contributed by atoms with Crippen LogP contribution < -0.4 is 0 Å². The fourth-order valence-corrected chi connectivity index (χ4v) is 2.97. The summed E-state index contributed by atoms with van der Waals surface area (Å²) < 4.78 is 12.1. The molecule has 4 nitrogen and oxygen atoms in total. The maximum atomic E-state index is 12.0. The van der Waals surface area contributed by atoms with Crippen molar-refractivity contribution in [1.82, 2.24) is 4.90 Å². The van der Waals surface area contributed by atoms with E-state index in [0.717, 1.165) is 23.2 Å². The zero-order valence-electron chi connectivity index (χ0n) is 12.5. The number of rotatable bonds is 5. The van der Waals surface area contributed by atoms with E-state index in [0.29, 0.717) is 24.7 Å². The van der Waals surface area contributed by atoms with Crippen LogP contribution in [0.5, 0.6) is 0 Å². The lowest BCUT2D eigenvalue weighted by atomic mass is 10.2. The van der Waals surface area contributed by atoms with Crippen molar-refractivity contribution in [3.05, 3.63) is 33.4 Å². The number of nitrogens with zero attached hydrogens (tertiary/aromatic N) is 1. The monoisotopic (exact) mass is 403 g/mol. The SMILES string of the molecule is CC(C)CN1CCOC(COC(=O)c2cccc(I)c2)C1. The lowest BCUT2D eigenvalue weighted by molar-refractivity contribution is -0.0612. The minimum absolute atomic E-state index is 0.0239. The van der Waals surface area contributed by atoms with Crippen LogP contribution in [0.4, 0.5) is 0 Å². The molecule has 2 rings (SSSR count). The molecule has 5 heteroatoms. The van der Waals surface area contributed by atoms with Crippen LogP contribution in [0.3, 0.4) is 0 Å². The van der Waals surface area contributed by atoms with Gasteiger partial charge in [0.05, 0.1) is 12.2 Å². The summed E-state index contributed by atoms with van der Waals surface area (Å²) in [5.41, 5.74) is 0.594. The molecule has 1 fully saturated rings. The Balaban J connectivity index is 1.81. The first-order valence-electron chi connectivity index (χ1n) is 7.31. The third kappa shape index (κ3) is 5.56. The average Bonchev–Trinajstić information content (AvgIpc) is 2.44. The van der Waals surface area contributed by atoms with Crippen molar-refractivity contribution in [2.24, 2.45) is 5.92 Å². The zero-order chi connectivity index (χ0) is 15.2. The molecule has 0 aliphatic carbocycles. The predicted octanol–water partition coefficient (Wildman–Crippen LogP) is 2.80. The van der Waals surface area contributed by atoms with E-state index in [-0.39, 0.29) is 12.1 Å². The molecule has 1 aromatic carbocycles. The number of ether oxygens (including phenoxy) is 2. The molecule has 0 amide bonds. The van der Waals surface area contributed by atoms with Crippen LogP contribution in [-0.4, -0.2) is 49.8 Å². The van der Waals surface area contributed by atoms with Crippen LogP contribution in [-0.2, 0) is 9.47 Å². The van der Waals surface area contributed by atoms with E-state index in [2.05, 4.69) is 41.3 Å². The van der Waals surface area contributed by atoms with Gasteiger partial charge in [-0.1, -0.05) is 19.9 Å². The first-order chi connectivity index (χ1) is 10.0. The average molecular weight is 403 g/mol. The highest BCUT2D eigenvalue weighted by atomic mass is 127. The lowest BCUT2D eigenvalue weighted by Gasteiger charge is -2.33. The second-order valence-corrected chi connectivity index (χ2v) is 7.00. The number of morpholine rings is 1. The molecule has 1 aliphatic rings. The highest BCUT2D eigenvalue weighted by Crippen LogP contribution is 2.11. The first kappa shape index (κ1) is 16.7. The van der Waals surface area contributed by atoms with Crippen molar-refractivity contribution in [2.45, 2.75) is 20.0 Å². The van der Waals surface area contributed by atoms with Crippen molar-refractivity contribution in [1.29, 1.82) is 0 Å². The highest BCUT2D eigenvalue weighted by Gasteiger charge is 2.22. The van der Waals surface area contributed by atoms with Gasteiger partial charge in [-0.05, 0) is 46.7 Å². The van der Waals surface area contributed by atoms with Crippen molar-refractivity contribution in [3.8, 4) is 0 Å². The Morgan fingerprint density at radius 3 is 3.05 bits per heavy atom. The molecule has 0 bridgehead atoms. The summed E-state index contributed by atoms with van der Waals surface area (Å²) in [5.74, 6) is 0.357. The second kappa shape index (κ2) is 8.10. The summed E-state index contributed by atoms with van der Waals surface area (Å²) in [5, 5.41) is 0. The Kier molecular flexibility index (Phi) is 6.44. The van der Waals surface area contributed by atoms with Gasteiger partial charge < -0.3 is 9.47 Å². The molecule has 1 saturated heterocycles. The molecule has 1 aromatic rings. The number of halogens is 1. The molecule has 1 atom stereocenters. The predicted molar refractivity (Wildman–Crippen MR) is 90.5 cm³/mol. The fraction of sp³-hybridized carbons (Fsp3) is 0.562. The van der Waals surface area contributed by atoms with Crippen LogP contribution in [0, 0.1) is 9.49 Å². The van der Waals surface area contributed by atoms with Crippen LogP contribution >= 0.6 is 22.6 Å². The van der Waals surface area contributed by atoms with Crippen molar-refractivity contribution < 1.29 is 14.3 Å². The van der Waals surface area contributed by atoms with Gasteiger partial charge in [0.2, 0.25) is 0 Å². The van der Waals surface area contributed by atoms with E-state index in [1.165, 1.54) is 0 Å². The smallest absolute Gasteiger partial charge is 0.338 e. The maximum absolute atomic E-state index is 12.0. The van der Waals surface area contributed by atoms with Crippen LogP contribution in [0.25, 0.3) is 0 Å². The summed E-state index contributed by atoms with van der Waals surface area (Å²) >= 11 is 2.18. The lowest BCUT2D eigenvalue weighted by Crippen LogP contribution is -2.45. The van der Waals surface area contributed by atoms with Crippen LogP contribution in [0.2, 0.25) is 0 Å². The third-order valence-corrected chi connectivity index (χ3v) is 3.98. The number of carbonyl (C=O) groups excluding carboxylic acids is 1. The summed E-state index contributed by atoms with van der Waals surface area (Å²) in [4.78, 5) is 14.4. The Morgan fingerprint density at radius 2 is 2.33 bits per heavy atom. The highest BCUT2D eigenvalue weighted by molar-refractivity contribution is 14.1. The third-order valence-electron chi connectivity index (χ3n) is 3.31. The van der Waals surface area contributed by atoms with E-state index in [9.17, 15) is 4.79 Å². The molecule has 0 N–H and O–H groups in total. The van der Waals surface area contributed by atoms with Gasteiger partial charge in [-0.15, -0.1) is 0 Å². The quantitative estimate of drug-likeness (QED) is 0.560. The molecule has 116 valence electrons. The number of esters is 1. The van der Waals surface area contributed by atoms with E-state index in [4.69, 9.17) is 9.47 Å². The van der Waals surface area contributed by atoms with Gasteiger partial charge >= 0.3 is 5.97 Å². The summed E-state index contributed by atoms with van der Waals surface area (Å²) in [7, 11) is 0. The molecule has 21 heavy (non-hydrogen) atoms. The standard InChI is InChI=1S/C16H22INO3/c1-12(2)9-18-6-7-20-15(10-18)11-21-16(19)13-4-3-5-14(17)8-13/h3-5,8,12,15H,6-7,9-11H2,1-2H3. The van der Waals surface area contributed by atoms with Gasteiger partial charge in [-0.2, -0.15) is 0 Å². The molecule has 0 radical (unpaired) electrons. The normalized spacial score (nSPS) is 19.7. The van der Waals surface area contributed by atoms with E-state index in [1.807, 2.05) is 18.2 Å². The number of benzene rings is 1. The molecule has 1 unspecified atom stereocenters. The number of hydrogen-bond donors (Lipinski definition) is 0. The number of carbonyl (C=O) groups is 1.